The third-order valence-corrected chi connectivity index (χ3v) is 3.69. The van der Waals surface area contributed by atoms with Crippen LogP contribution >= 0.6 is 11.6 Å². The molecule has 0 unspecified atom stereocenters. The van der Waals surface area contributed by atoms with Crippen LogP contribution in [0.1, 0.15) is 23.2 Å². The van der Waals surface area contributed by atoms with Crippen molar-refractivity contribution in [1.29, 1.82) is 0 Å². The Morgan fingerprint density at radius 3 is 2.46 bits per heavy atom. The van der Waals surface area contributed by atoms with E-state index in [1.165, 1.54) is 7.11 Å². The highest BCUT2D eigenvalue weighted by molar-refractivity contribution is 6.30. The largest absolute Gasteiger partial charge is 0.497 e. The Morgan fingerprint density at radius 2 is 1.77 bits per heavy atom. The number of carbonyl (C=O) groups excluding carboxylic acids is 3. The summed E-state index contributed by atoms with van der Waals surface area (Å²) in [5.41, 5.74) is 0.971. The van der Waals surface area contributed by atoms with Crippen molar-refractivity contribution in [2.24, 2.45) is 0 Å². The van der Waals surface area contributed by atoms with Gasteiger partial charge in [-0.3, -0.25) is 14.4 Å². The summed E-state index contributed by atoms with van der Waals surface area (Å²) in [5.74, 6) is -0.750. The Bertz CT molecular complexity index is 789. The molecule has 0 heterocycles. The van der Waals surface area contributed by atoms with Crippen LogP contribution in [0.3, 0.4) is 0 Å². The normalized spacial score (nSPS) is 10.1. The molecule has 136 valence electrons. The van der Waals surface area contributed by atoms with Gasteiger partial charge in [-0.2, -0.15) is 0 Å². The number of benzene rings is 2. The van der Waals surface area contributed by atoms with Gasteiger partial charge in [-0.25, -0.2) is 0 Å². The standard InChI is InChI=1S/C19H18ClNO5/c1-25-16-4-2-3-13(11-16)17(22)12-26-19(24)10-9-18(23)21-15-7-5-14(20)6-8-15/h2-8,11H,9-10,12H2,1H3,(H,21,23). The van der Waals surface area contributed by atoms with Crippen molar-refractivity contribution < 1.29 is 23.9 Å². The molecule has 0 aliphatic carbocycles. The molecule has 2 aromatic rings. The summed E-state index contributed by atoms with van der Waals surface area (Å²) >= 11 is 5.76. The Labute approximate surface area is 156 Å². The molecule has 0 aliphatic rings. The van der Waals surface area contributed by atoms with Crippen molar-refractivity contribution in [3.05, 3.63) is 59.1 Å². The molecule has 26 heavy (non-hydrogen) atoms. The van der Waals surface area contributed by atoms with Gasteiger partial charge in [-0.05, 0) is 36.4 Å². The summed E-state index contributed by atoms with van der Waals surface area (Å²) in [6.07, 6.45) is -0.167. The molecule has 0 saturated heterocycles. The van der Waals surface area contributed by atoms with E-state index >= 15 is 0 Å². The number of halogens is 1. The topological polar surface area (TPSA) is 81.7 Å². The summed E-state index contributed by atoms with van der Waals surface area (Å²) in [4.78, 5) is 35.5. The van der Waals surface area contributed by atoms with E-state index in [2.05, 4.69) is 5.32 Å². The van der Waals surface area contributed by atoms with Crippen LogP contribution in [0.4, 0.5) is 5.69 Å². The van der Waals surface area contributed by atoms with Gasteiger partial charge in [0.15, 0.2) is 12.4 Å². The van der Waals surface area contributed by atoms with E-state index in [1.807, 2.05) is 0 Å². The number of hydrogen-bond acceptors (Lipinski definition) is 5. The van der Waals surface area contributed by atoms with Crippen LogP contribution in [-0.2, 0) is 14.3 Å². The van der Waals surface area contributed by atoms with E-state index in [9.17, 15) is 14.4 Å². The highest BCUT2D eigenvalue weighted by Crippen LogP contribution is 2.14. The Morgan fingerprint density at radius 1 is 1.04 bits per heavy atom. The monoisotopic (exact) mass is 375 g/mol. The fourth-order valence-electron chi connectivity index (χ4n) is 2.07. The van der Waals surface area contributed by atoms with Gasteiger partial charge in [-0.15, -0.1) is 0 Å². The number of Topliss-reactive ketones (excluding diaryl/α,β-unsaturated/α-hetero) is 1. The second kappa shape index (κ2) is 9.58. The van der Waals surface area contributed by atoms with Crippen molar-refractivity contribution in [2.75, 3.05) is 19.0 Å². The van der Waals surface area contributed by atoms with Crippen LogP contribution in [0.25, 0.3) is 0 Å². The van der Waals surface area contributed by atoms with Crippen LogP contribution in [0.5, 0.6) is 5.75 Å². The minimum atomic E-state index is -0.618. The molecular weight excluding hydrogens is 358 g/mol. The molecule has 1 amide bonds. The molecule has 0 fully saturated rings. The number of ketones is 1. The van der Waals surface area contributed by atoms with Gasteiger partial charge in [0.05, 0.1) is 13.5 Å². The molecule has 0 aliphatic heterocycles. The van der Waals surface area contributed by atoms with Crippen molar-refractivity contribution in [3.63, 3.8) is 0 Å². The predicted octanol–water partition coefficient (Wildman–Crippen LogP) is 3.49. The van der Waals surface area contributed by atoms with E-state index in [0.717, 1.165) is 0 Å². The predicted molar refractivity (Wildman–Crippen MR) is 97.6 cm³/mol. The lowest BCUT2D eigenvalue weighted by Crippen LogP contribution is -2.17. The van der Waals surface area contributed by atoms with E-state index < -0.39 is 5.97 Å². The molecule has 0 bridgehead atoms. The summed E-state index contributed by atoms with van der Waals surface area (Å²) in [6.45, 7) is -0.384. The van der Waals surface area contributed by atoms with Gasteiger partial charge < -0.3 is 14.8 Å². The molecular formula is C19H18ClNO5. The minimum Gasteiger partial charge on any atom is -0.497 e. The fraction of sp³-hybridized carbons (Fsp3) is 0.211. The maximum Gasteiger partial charge on any atom is 0.306 e. The van der Waals surface area contributed by atoms with Gasteiger partial charge in [0, 0.05) is 22.7 Å². The highest BCUT2D eigenvalue weighted by atomic mass is 35.5. The molecule has 0 aromatic heterocycles. The summed E-state index contributed by atoms with van der Waals surface area (Å²) in [6, 6.07) is 13.2. The number of esters is 1. The molecule has 0 radical (unpaired) electrons. The lowest BCUT2D eigenvalue weighted by atomic mass is 10.1. The van der Waals surface area contributed by atoms with Gasteiger partial charge >= 0.3 is 5.97 Å². The first kappa shape index (κ1) is 19.5. The number of ether oxygens (including phenoxy) is 2. The molecule has 6 nitrogen and oxygen atoms in total. The van der Waals surface area contributed by atoms with E-state index in [-0.39, 0.29) is 31.1 Å². The summed E-state index contributed by atoms with van der Waals surface area (Å²) in [7, 11) is 1.50. The number of carbonyl (C=O) groups is 3. The second-order valence-electron chi connectivity index (χ2n) is 5.37. The van der Waals surface area contributed by atoms with Crippen LogP contribution in [0.2, 0.25) is 5.02 Å². The highest BCUT2D eigenvalue weighted by Gasteiger charge is 2.12. The zero-order chi connectivity index (χ0) is 18.9. The molecule has 2 aromatic carbocycles. The Kier molecular flexibility index (Phi) is 7.17. The van der Waals surface area contributed by atoms with Crippen molar-refractivity contribution in [1.82, 2.24) is 0 Å². The van der Waals surface area contributed by atoms with Crippen LogP contribution in [0.15, 0.2) is 48.5 Å². The summed E-state index contributed by atoms with van der Waals surface area (Å²) < 4.78 is 9.96. The number of hydrogen-bond donors (Lipinski definition) is 1. The third-order valence-electron chi connectivity index (χ3n) is 3.44. The number of anilines is 1. The maximum absolute atomic E-state index is 12.0. The first-order chi connectivity index (χ1) is 12.5. The van der Waals surface area contributed by atoms with Gasteiger partial charge in [0.2, 0.25) is 5.91 Å². The Balaban J connectivity index is 1.73. The smallest absolute Gasteiger partial charge is 0.306 e. The maximum atomic E-state index is 12.0. The molecule has 7 heteroatoms. The van der Waals surface area contributed by atoms with Crippen molar-refractivity contribution >= 4 is 34.9 Å². The first-order valence-electron chi connectivity index (χ1n) is 7.86. The Hall–Kier alpha value is -2.86. The zero-order valence-corrected chi connectivity index (χ0v) is 14.9. The van der Waals surface area contributed by atoms with Crippen LogP contribution < -0.4 is 10.1 Å². The van der Waals surface area contributed by atoms with Gasteiger partial charge in [0.25, 0.3) is 0 Å². The van der Waals surface area contributed by atoms with E-state index in [0.29, 0.717) is 22.0 Å². The third kappa shape index (κ3) is 6.22. The average molecular weight is 376 g/mol. The van der Waals surface area contributed by atoms with Crippen molar-refractivity contribution in [2.45, 2.75) is 12.8 Å². The molecule has 0 saturated carbocycles. The van der Waals surface area contributed by atoms with Gasteiger partial charge in [0.1, 0.15) is 5.75 Å². The number of nitrogens with one attached hydrogen (secondary N) is 1. The molecule has 0 spiro atoms. The number of rotatable bonds is 8. The lowest BCUT2D eigenvalue weighted by molar-refractivity contribution is -0.143. The molecule has 0 atom stereocenters. The van der Waals surface area contributed by atoms with Gasteiger partial charge in [-0.1, -0.05) is 23.7 Å². The van der Waals surface area contributed by atoms with E-state index in [4.69, 9.17) is 21.1 Å². The minimum absolute atomic E-state index is 0.0468. The molecule has 2 rings (SSSR count). The summed E-state index contributed by atoms with van der Waals surface area (Å²) in [5, 5.41) is 3.20. The van der Waals surface area contributed by atoms with Crippen LogP contribution in [0, 0.1) is 0 Å². The average Bonchev–Trinajstić information content (AvgIpc) is 2.66. The zero-order valence-electron chi connectivity index (χ0n) is 14.2. The fourth-order valence-corrected chi connectivity index (χ4v) is 2.20. The number of methoxy groups -OCH3 is 1. The lowest BCUT2D eigenvalue weighted by Gasteiger charge is -2.07. The van der Waals surface area contributed by atoms with Crippen LogP contribution in [-0.4, -0.2) is 31.4 Å². The van der Waals surface area contributed by atoms with Crippen molar-refractivity contribution in [3.8, 4) is 5.75 Å². The van der Waals surface area contributed by atoms with E-state index in [1.54, 1.807) is 48.5 Å². The molecule has 1 N–H and O–H groups in total. The SMILES string of the molecule is COc1cccc(C(=O)COC(=O)CCC(=O)Nc2ccc(Cl)cc2)c1. The second-order valence-corrected chi connectivity index (χ2v) is 5.81. The number of amides is 1. The first-order valence-corrected chi connectivity index (χ1v) is 8.24. The quantitative estimate of drug-likeness (QED) is 0.564.